The molecule has 0 bridgehead atoms. The van der Waals surface area contributed by atoms with Crippen molar-refractivity contribution in [1.82, 2.24) is 0 Å². The summed E-state index contributed by atoms with van der Waals surface area (Å²) in [6, 6.07) is 5.75. The quantitative estimate of drug-likeness (QED) is 0.631. The highest BCUT2D eigenvalue weighted by molar-refractivity contribution is 5.91. The Morgan fingerprint density at radius 3 is 2.71 bits per heavy atom. The van der Waals surface area contributed by atoms with Gasteiger partial charge in [0.15, 0.2) is 0 Å². The molecule has 0 spiro atoms. The number of hydrogen-bond donors (Lipinski definition) is 1. The van der Waals surface area contributed by atoms with E-state index in [4.69, 9.17) is 5.73 Å². The second-order valence-corrected chi connectivity index (χ2v) is 3.88. The molecular weight excluding hydrogens is 222 g/mol. The molecule has 1 atom stereocenters. The molecule has 0 saturated heterocycles. The summed E-state index contributed by atoms with van der Waals surface area (Å²) in [5.74, 6) is -0.192. The van der Waals surface area contributed by atoms with E-state index in [1.807, 2.05) is 0 Å². The second kappa shape index (κ2) is 5.40. The van der Waals surface area contributed by atoms with E-state index in [-0.39, 0.29) is 17.6 Å². The summed E-state index contributed by atoms with van der Waals surface area (Å²) in [7, 11) is 0. The van der Waals surface area contributed by atoms with Crippen LogP contribution in [0.4, 0.5) is 11.4 Å². The number of carbonyl (C=O) groups excluding carboxylic acids is 1. The van der Waals surface area contributed by atoms with Crippen LogP contribution in [-0.2, 0) is 4.79 Å². The Labute approximate surface area is 99.2 Å². The first-order chi connectivity index (χ1) is 7.91. The zero-order valence-electron chi connectivity index (χ0n) is 9.79. The SMILES string of the molecule is CC(=O)N(C[C@H](C)N)c1cccc([N+](=O)[O-])c1. The molecule has 6 heteroatoms. The van der Waals surface area contributed by atoms with Gasteiger partial charge >= 0.3 is 0 Å². The number of carbonyl (C=O) groups is 1. The molecule has 0 aliphatic heterocycles. The van der Waals surface area contributed by atoms with Gasteiger partial charge in [-0.3, -0.25) is 14.9 Å². The first kappa shape index (κ1) is 13.1. The third-order valence-corrected chi connectivity index (χ3v) is 2.20. The van der Waals surface area contributed by atoms with Crippen LogP contribution in [0.1, 0.15) is 13.8 Å². The summed E-state index contributed by atoms with van der Waals surface area (Å²) < 4.78 is 0. The summed E-state index contributed by atoms with van der Waals surface area (Å²) in [6.07, 6.45) is 0. The van der Waals surface area contributed by atoms with Crippen molar-refractivity contribution in [2.45, 2.75) is 19.9 Å². The van der Waals surface area contributed by atoms with Crippen molar-refractivity contribution in [3.8, 4) is 0 Å². The van der Waals surface area contributed by atoms with E-state index in [1.54, 1.807) is 19.1 Å². The fourth-order valence-corrected chi connectivity index (χ4v) is 1.48. The van der Waals surface area contributed by atoms with Crippen molar-refractivity contribution in [2.75, 3.05) is 11.4 Å². The standard InChI is InChI=1S/C11H15N3O3/c1-8(12)7-13(9(2)15)10-4-3-5-11(6-10)14(16)17/h3-6,8H,7,12H2,1-2H3/t8-/m0/s1. The van der Waals surface area contributed by atoms with Gasteiger partial charge in [-0.25, -0.2) is 0 Å². The van der Waals surface area contributed by atoms with Gasteiger partial charge < -0.3 is 10.6 Å². The van der Waals surface area contributed by atoms with Crippen molar-refractivity contribution in [1.29, 1.82) is 0 Å². The molecule has 0 aliphatic carbocycles. The lowest BCUT2D eigenvalue weighted by Crippen LogP contribution is -2.38. The number of anilines is 1. The monoisotopic (exact) mass is 237 g/mol. The van der Waals surface area contributed by atoms with Crippen LogP contribution in [0.3, 0.4) is 0 Å². The molecule has 0 unspecified atom stereocenters. The molecule has 17 heavy (non-hydrogen) atoms. The lowest BCUT2D eigenvalue weighted by atomic mass is 10.2. The molecule has 1 aromatic rings. The van der Waals surface area contributed by atoms with Crippen LogP contribution in [0.25, 0.3) is 0 Å². The van der Waals surface area contributed by atoms with Gasteiger partial charge in [-0.2, -0.15) is 0 Å². The first-order valence-corrected chi connectivity index (χ1v) is 5.20. The van der Waals surface area contributed by atoms with E-state index in [0.29, 0.717) is 12.2 Å². The summed E-state index contributed by atoms with van der Waals surface area (Å²) in [6.45, 7) is 3.50. The third kappa shape index (κ3) is 3.53. The van der Waals surface area contributed by atoms with E-state index in [2.05, 4.69) is 0 Å². The summed E-state index contributed by atoms with van der Waals surface area (Å²) in [4.78, 5) is 23.0. The number of nitrogens with two attached hydrogens (primary N) is 1. The Balaban J connectivity index is 3.05. The predicted molar refractivity (Wildman–Crippen MR) is 64.8 cm³/mol. The maximum absolute atomic E-state index is 11.5. The molecule has 0 heterocycles. The molecular formula is C11H15N3O3. The highest BCUT2D eigenvalue weighted by Crippen LogP contribution is 2.21. The fourth-order valence-electron chi connectivity index (χ4n) is 1.48. The van der Waals surface area contributed by atoms with Crippen LogP contribution < -0.4 is 10.6 Å². The second-order valence-electron chi connectivity index (χ2n) is 3.88. The fraction of sp³-hybridized carbons (Fsp3) is 0.364. The lowest BCUT2D eigenvalue weighted by molar-refractivity contribution is -0.384. The molecule has 1 rings (SSSR count). The number of non-ortho nitro benzene ring substituents is 1. The Morgan fingerprint density at radius 2 is 2.24 bits per heavy atom. The number of benzene rings is 1. The number of rotatable bonds is 4. The molecule has 1 amide bonds. The van der Waals surface area contributed by atoms with Crippen LogP contribution in [0, 0.1) is 10.1 Å². The van der Waals surface area contributed by atoms with Crippen LogP contribution >= 0.6 is 0 Å². The predicted octanol–water partition coefficient (Wildman–Crippen LogP) is 1.29. The van der Waals surface area contributed by atoms with Gasteiger partial charge in [0, 0.05) is 31.6 Å². The van der Waals surface area contributed by atoms with Gasteiger partial charge in [0.2, 0.25) is 5.91 Å². The molecule has 0 aliphatic rings. The van der Waals surface area contributed by atoms with Gasteiger partial charge in [0.05, 0.1) is 10.6 Å². The van der Waals surface area contributed by atoms with Crippen molar-refractivity contribution in [3.05, 3.63) is 34.4 Å². The zero-order valence-corrected chi connectivity index (χ0v) is 9.79. The highest BCUT2D eigenvalue weighted by atomic mass is 16.6. The average molecular weight is 237 g/mol. The van der Waals surface area contributed by atoms with Crippen LogP contribution in [0.2, 0.25) is 0 Å². The van der Waals surface area contributed by atoms with Crippen molar-refractivity contribution in [2.24, 2.45) is 5.73 Å². The van der Waals surface area contributed by atoms with Crippen LogP contribution in [-0.4, -0.2) is 23.4 Å². The Bertz CT molecular complexity index is 432. The van der Waals surface area contributed by atoms with E-state index in [1.165, 1.54) is 24.0 Å². The summed E-state index contributed by atoms with van der Waals surface area (Å²) in [5, 5.41) is 10.6. The van der Waals surface area contributed by atoms with Gasteiger partial charge in [0.1, 0.15) is 0 Å². The van der Waals surface area contributed by atoms with Crippen LogP contribution in [0.5, 0.6) is 0 Å². The summed E-state index contributed by atoms with van der Waals surface area (Å²) in [5.41, 5.74) is 6.09. The Morgan fingerprint density at radius 1 is 1.59 bits per heavy atom. The van der Waals surface area contributed by atoms with E-state index >= 15 is 0 Å². The van der Waals surface area contributed by atoms with Gasteiger partial charge in [-0.05, 0) is 13.0 Å². The minimum Gasteiger partial charge on any atom is -0.326 e. The zero-order chi connectivity index (χ0) is 13.0. The molecule has 2 N–H and O–H groups in total. The minimum atomic E-state index is -0.492. The molecule has 1 aromatic carbocycles. The maximum Gasteiger partial charge on any atom is 0.271 e. The molecule has 0 saturated carbocycles. The lowest BCUT2D eigenvalue weighted by Gasteiger charge is -2.22. The maximum atomic E-state index is 11.5. The number of hydrogen-bond acceptors (Lipinski definition) is 4. The van der Waals surface area contributed by atoms with Gasteiger partial charge in [-0.1, -0.05) is 6.07 Å². The van der Waals surface area contributed by atoms with E-state index in [0.717, 1.165) is 0 Å². The number of nitro benzene ring substituents is 1. The highest BCUT2D eigenvalue weighted by Gasteiger charge is 2.15. The number of nitrogens with zero attached hydrogens (tertiary/aromatic N) is 2. The largest absolute Gasteiger partial charge is 0.326 e. The molecule has 6 nitrogen and oxygen atoms in total. The van der Waals surface area contributed by atoms with Crippen molar-refractivity contribution < 1.29 is 9.72 Å². The van der Waals surface area contributed by atoms with E-state index in [9.17, 15) is 14.9 Å². The molecule has 92 valence electrons. The first-order valence-electron chi connectivity index (χ1n) is 5.20. The Kier molecular flexibility index (Phi) is 4.17. The van der Waals surface area contributed by atoms with Crippen LogP contribution in [0.15, 0.2) is 24.3 Å². The average Bonchev–Trinajstić information content (AvgIpc) is 2.25. The van der Waals surface area contributed by atoms with Gasteiger partial charge in [0.25, 0.3) is 5.69 Å². The summed E-state index contributed by atoms with van der Waals surface area (Å²) >= 11 is 0. The van der Waals surface area contributed by atoms with Gasteiger partial charge in [-0.15, -0.1) is 0 Å². The topological polar surface area (TPSA) is 89.5 Å². The minimum absolute atomic E-state index is 0.0431. The normalized spacial score (nSPS) is 11.9. The van der Waals surface area contributed by atoms with E-state index < -0.39 is 4.92 Å². The smallest absolute Gasteiger partial charge is 0.271 e. The molecule has 0 fully saturated rings. The molecule has 0 aromatic heterocycles. The molecule has 0 radical (unpaired) electrons. The number of nitro groups is 1. The third-order valence-electron chi connectivity index (χ3n) is 2.20. The number of amides is 1. The Hall–Kier alpha value is -1.95. The van der Waals surface area contributed by atoms with Crippen molar-refractivity contribution >= 4 is 17.3 Å². The van der Waals surface area contributed by atoms with Crippen molar-refractivity contribution in [3.63, 3.8) is 0 Å².